The van der Waals surface area contributed by atoms with Crippen molar-refractivity contribution in [2.45, 2.75) is 25.6 Å². The Bertz CT molecular complexity index is 451. The fraction of sp³-hybridized carbons (Fsp3) is 0.385. The molecule has 1 aromatic rings. The van der Waals surface area contributed by atoms with Gasteiger partial charge in [0.2, 0.25) is 0 Å². The molecule has 0 saturated heterocycles. The van der Waals surface area contributed by atoms with Crippen LogP contribution >= 0.6 is 11.6 Å². The van der Waals surface area contributed by atoms with E-state index in [-0.39, 0.29) is 12.2 Å². The van der Waals surface area contributed by atoms with E-state index in [0.717, 1.165) is 5.56 Å². The monoisotopic (exact) mass is 251 g/mol. The number of carbonyl (C=O) groups excluding carboxylic acids is 1. The van der Waals surface area contributed by atoms with Crippen molar-refractivity contribution in [2.24, 2.45) is 0 Å². The average molecular weight is 252 g/mol. The summed E-state index contributed by atoms with van der Waals surface area (Å²) in [5.41, 5.74) is 1.43. The molecule has 1 rings (SSSR count). The van der Waals surface area contributed by atoms with Gasteiger partial charge < -0.3 is 4.74 Å². The predicted molar refractivity (Wildman–Crippen MR) is 66.2 cm³/mol. The van der Waals surface area contributed by atoms with Crippen molar-refractivity contribution in [3.05, 3.63) is 29.3 Å². The third-order valence-electron chi connectivity index (χ3n) is 2.32. The zero-order chi connectivity index (χ0) is 12.8. The Morgan fingerprint density at radius 2 is 2.29 bits per heavy atom. The molecule has 0 aliphatic carbocycles. The smallest absolute Gasteiger partial charge is 0.152 e. The number of Topliss-reactive ketones (excluding diaryl/α,β-unsaturated/α-hetero) is 1. The van der Waals surface area contributed by atoms with Crippen LogP contribution in [0.1, 0.15) is 30.4 Å². The zero-order valence-electron chi connectivity index (χ0n) is 9.87. The summed E-state index contributed by atoms with van der Waals surface area (Å²) in [5, 5.41) is 8.07. The molecule has 0 saturated carbocycles. The van der Waals surface area contributed by atoms with Crippen LogP contribution in [0.25, 0.3) is 0 Å². The van der Waals surface area contributed by atoms with Crippen LogP contribution < -0.4 is 4.74 Å². The van der Waals surface area contributed by atoms with E-state index in [1.807, 2.05) is 6.92 Å². The van der Waals surface area contributed by atoms with Gasteiger partial charge in [0.25, 0.3) is 0 Å². The van der Waals surface area contributed by atoms with Gasteiger partial charge in [-0.15, -0.1) is 11.6 Å². The van der Waals surface area contributed by atoms with E-state index in [2.05, 4.69) is 6.07 Å². The maximum absolute atomic E-state index is 11.3. The third-order valence-corrected chi connectivity index (χ3v) is 2.87. The molecule has 90 valence electrons. The van der Waals surface area contributed by atoms with Crippen LogP contribution in [0, 0.1) is 11.3 Å². The highest BCUT2D eigenvalue weighted by atomic mass is 35.5. The topological polar surface area (TPSA) is 50.1 Å². The lowest BCUT2D eigenvalue weighted by Gasteiger charge is -2.12. The van der Waals surface area contributed by atoms with Crippen molar-refractivity contribution in [3.8, 4) is 11.8 Å². The minimum Gasteiger partial charge on any atom is -0.494 e. The number of halogens is 1. The zero-order valence-corrected chi connectivity index (χ0v) is 10.6. The summed E-state index contributed by atoms with van der Waals surface area (Å²) in [5.74, 6) is 0.559. The first-order chi connectivity index (χ1) is 8.10. The van der Waals surface area contributed by atoms with E-state index in [4.69, 9.17) is 21.6 Å². The molecule has 0 spiro atoms. The Kier molecular flexibility index (Phi) is 4.99. The molecule has 0 aliphatic rings. The summed E-state index contributed by atoms with van der Waals surface area (Å²) >= 11 is 6.01. The number of ketones is 1. The maximum Gasteiger partial charge on any atom is 0.152 e. The van der Waals surface area contributed by atoms with E-state index in [9.17, 15) is 4.79 Å². The summed E-state index contributed by atoms with van der Waals surface area (Å²) < 4.78 is 5.35. The van der Waals surface area contributed by atoms with Crippen molar-refractivity contribution in [3.63, 3.8) is 0 Å². The van der Waals surface area contributed by atoms with E-state index in [0.29, 0.717) is 17.9 Å². The average Bonchev–Trinajstić information content (AvgIpc) is 2.29. The second-order valence-electron chi connectivity index (χ2n) is 3.60. The fourth-order valence-electron chi connectivity index (χ4n) is 1.54. The number of nitrogens with zero attached hydrogens (tertiary/aromatic N) is 1. The Morgan fingerprint density at radius 1 is 1.59 bits per heavy atom. The Morgan fingerprint density at radius 3 is 2.82 bits per heavy atom. The fourth-order valence-corrected chi connectivity index (χ4v) is 1.76. The molecule has 0 fully saturated rings. The largest absolute Gasteiger partial charge is 0.494 e. The molecule has 4 heteroatoms. The van der Waals surface area contributed by atoms with Crippen molar-refractivity contribution in [1.82, 2.24) is 0 Å². The quantitative estimate of drug-likeness (QED) is 0.756. The van der Waals surface area contributed by atoms with Crippen LogP contribution in [0.5, 0.6) is 5.75 Å². The molecular formula is C13H14ClNO2. The van der Waals surface area contributed by atoms with Crippen LogP contribution in [0.15, 0.2) is 18.2 Å². The number of benzene rings is 1. The lowest BCUT2D eigenvalue weighted by atomic mass is 10.00. The standard InChI is InChI=1S/C13H14ClNO2/c1-3-17-11-4-5-12(13(14)9(2)16)10(8-11)6-7-15/h4-5,8,13H,3,6H2,1-2H3. The molecule has 0 heterocycles. The van der Waals surface area contributed by atoms with Crippen LogP contribution in [-0.2, 0) is 11.2 Å². The molecule has 1 atom stereocenters. The number of carbonyl (C=O) groups is 1. The van der Waals surface area contributed by atoms with Crippen LogP contribution in [0.4, 0.5) is 0 Å². The van der Waals surface area contributed by atoms with Gasteiger partial charge in [0.15, 0.2) is 5.78 Å². The van der Waals surface area contributed by atoms with Crippen molar-refractivity contribution in [1.29, 1.82) is 5.26 Å². The van der Waals surface area contributed by atoms with E-state index >= 15 is 0 Å². The van der Waals surface area contributed by atoms with Crippen molar-refractivity contribution in [2.75, 3.05) is 6.61 Å². The van der Waals surface area contributed by atoms with Gasteiger partial charge in [-0.05, 0) is 37.1 Å². The molecule has 0 aliphatic heterocycles. The number of rotatable bonds is 5. The molecule has 0 aromatic heterocycles. The minimum absolute atomic E-state index is 0.130. The molecular weight excluding hydrogens is 238 g/mol. The number of alkyl halides is 1. The summed E-state index contributed by atoms with van der Waals surface area (Å²) in [7, 11) is 0. The molecule has 3 nitrogen and oxygen atoms in total. The molecule has 0 amide bonds. The Balaban J connectivity index is 3.12. The predicted octanol–water partition coefficient (Wildman–Crippen LogP) is 3.02. The molecule has 1 aromatic carbocycles. The van der Waals surface area contributed by atoms with Gasteiger partial charge >= 0.3 is 0 Å². The number of hydrogen-bond acceptors (Lipinski definition) is 3. The highest BCUT2D eigenvalue weighted by Crippen LogP contribution is 2.28. The van der Waals surface area contributed by atoms with Gasteiger partial charge in [-0.3, -0.25) is 4.79 Å². The van der Waals surface area contributed by atoms with Gasteiger partial charge in [0, 0.05) is 0 Å². The first-order valence-corrected chi connectivity index (χ1v) is 5.80. The van der Waals surface area contributed by atoms with Gasteiger partial charge in [-0.25, -0.2) is 0 Å². The number of ether oxygens (including phenoxy) is 1. The van der Waals surface area contributed by atoms with Crippen molar-refractivity contribution < 1.29 is 9.53 Å². The van der Waals surface area contributed by atoms with E-state index in [1.165, 1.54) is 6.92 Å². The van der Waals surface area contributed by atoms with E-state index in [1.54, 1.807) is 18.2 Å². The normalized spacial score (nSPS) is 11.6. The SMILES string of the molecule is CCOc1ccc(C(Cl)C(C)=O)c(CC#N)c1. The van der Waals surface area contributed by atoms with Crippen LogP contribution in [0.3, 0.4) is 0 Å². The molecule has 0 N–H and O–H groups in total. The summed E-state index contributed by atoms with van der Waals surface area (Å²) in [6.07, 6.45) is 0.215. The second kappa shape index (κ2) is 6.27. The molecule has 0 radical (unpaired) electrons. The van der Waals surface area contributed by atoms with E-state index < -0.39 is 5.38 Å². The van der Waals surface area contributed by atoms with Gasteiger partial charge in [-0.1, -0.05) is 6.07 Å². The maximum atomic E-state index is 11.3. The number of nitriles is 1. The first-order valence-electron chi connectivity index (χ1n) is 5.37. The van der Waals surface area contributed by atoms with Gasteiger partial charge in [0.05, 0.1) is 19.1 Å². The number of hydrogen-bond donors (Lipinski definition) is 0. The van der Waals surface area contributed by atoms with Crippen LogP contribution in [-0.4, -0.2) is 12.4 Å². The van der Waals surface area contributed by atoms with Crippen molar-refractivity contribution >= 4 is 17.4 Å². The highest BCUT2D eigenvalue weighted by Gasteiger charge is 2.17. The minimum atomic E-state index is -0.700. The van der Waals surface area contributed by atoms with Gasteiger partial charge in [-0.2, -0.15) is 5.26 Å². The lowest BCUT2D eigenvalue weighted by molar-refractivity contribution is -0.116. The highest BCUT2D eigenvalue weighted by molar-refractivity contribution is 6.30. The van der Waals surface area contributed by atoms with Gasteiger partial charge in [0.1, 0.15) is 11.1 Å². The summed E-state index contributed by atoms with van der Waals surface area (Å²) in [4.78, 5) is 11.3. The molecule has 1 unspecified atom stereocenters. The third kappa shape index (κ3) is 3.47. The summed E-state index contributed by atoms with van der Waals surface area (Å²) in [6.45, 7) is 3.88. The lowest BCUT2D eigenvalue weighted by Crippen LogP contribution is -2.05. The molecule has 17 heavy (non-hydrogen) atoms. The summed E-state index contributed by atoms with van der Waals surface area (Å²) in [6, 6.07) is 7.33. The Labute approximate surface area is 106 Å². The Hall–Kier alpha value is -1.53. The molecule has 0 bridgehead atoms. The van der Waals surface area contributed by atoms with Crippen LogP contribution in [0.2, 0.25) is 0 Å². The second-order valence-corrected chi connectivity index (χ2v) is 4.04. The first kappa shape index (κ1) is 13.5.